The highest BCUT2D eigenvalue weighted by Crippen LogP contribution is 2.29. The van der Waals surface area contributed by atoms with Crippen LogP contribution in [0, 0.1) is 18.3 Å². The summed E-state index contributed by atoms with van der Waals surface area (Å²) in [6.45, 7) is 3.98. The van der Waals surface area contributed by atoms with Crippen molar-refractivity contribution in [2.24, 2.45) is 0 Å². The molecule has 0 fully saturated rings. The molecule has 2 aromatic carbocycles. The maximum atomic E-state index is 8.93. The lowest BCUT2D eigenvalue weighted by Crippen LogP contribution is -2.02. The van der Waals surface area contributed by atoms with Gasteiger partial charge in [-0.1, -0.05) is 12.1 Å². The Bertz CT molecular complexity index is 839. The van der Waals surface area contributed by atoms with Gasteiger partial charge in [0.15, 0.2) is 0 Å². The summed E-state index contributed by atoms with van der Waals surface area (Å²) in [4.78, 5) is 4.66. The number of hydrogen-bond acceptors (Lipinski definition) is 2. The number of halogens is 1. The number of aromatic nitrogens is 2. The third-order valence-corrected chi connectivity index (χ3v) is 3.71. The summed E-state index contributed by atoms with van der Waals surface area (Å²) in [6.07, 6.45) is 0. The van der Waals surface area contributed by atoms with Gasteiger partial charge >= 0.3 is 0 Å². The Morgan fingerprint density at radius 2 is 1.90 bits per heavy atom. The average molecular weight is 296 g/mol. The molecule has 0 aliphatic rings. The van der Waals surface area contributed by atoms with Crippen molar-refractivity contribution in [2.75, 3.05) is 0 Å². The van der Waals surface area contributed by atoms with Crippen LogP contribution < -0.4 is 0 Å². The van der Waals surface area contributed by atoms with Crippen LogP contribution >= 0.6 is 11.6 Å². The van der Waals surface area contributed by atoms with Gasteiger partial charge in [-0.2, -0.15) is 5.26 Å². The minimum Gasteiger partial charge on any atom is -0.295 e. The van der Waals surface area contributed by atoms with Crippen LogP contribution in [0.2, 0.25) is 0 Å². The monoisotopic (exact) mass is 295 g/mol. The van der Waals surface area contributed by atoms with Gasteiger partial charge in [-0.15, -0.1) is 11.6 Å². The van der Waals surface area contributed by atoms with Gasteiger partial charge in [-0.25, -0.2) is 4.98 Å². The number of alkyl halides is 1. The first kappa shape index (κ1) is 13.7. The second-order valence-electron chi connectivity index (χ2n) is 5.02. The largest absolute Gasteiger partial charge is 0.295 e. The van der Waals surface area contributed by atoms with Crippen molar-refractivity contribution in [3.05, 3.63) is 59.4 Å². The van der Waals surface area contributed by atoms with E-state index in [0.717, 1.165) is 28.1 Å². The number of aryl methyl sites for hydroxylation is 1. The van der Waals surface area contributed by atoms with Gasteiger partial charge in [0.05, 0.1) is 28.0 Å². The Labute approximate surface area is 128 Å². The molecule has 4 heteroatoms. The van der Waals surface area contributed by atoms with Crippen LogP contribution in [0.3, 0.4) is 0 Å². The number of rotatable bonds is 2. The molecule has 1 heterocycles. The fourth-order valence-electron chi connectivity index (χ4n) is 2.53. The normalized spacial score (nSPS) is 12.3. The number of hydrogen-bond donors (Lipinski definition) is 0. The molecule has 0 saturated carbocycles. The zero-order chi connectivity index (χ0) is 15.0. The summed E-state index contributed by atoms with van der Waals surface area (Å²) in [6, 6.07) is 15.7. The van der Waals surface area contributed by atoms with Crippen LogP contribution in [0.5, 0.6) is 0 Å². The van der Waals surface area contributed by atoms with Crippen LogP contribution in [0.1, 0.15) is 29.3 Å². The number of benzene rings is 2. The van der Waals surface area contributed by atoms with Gasteiger partial charge in [0, 0.05) is 5.69 Å². The molecule has 0 N–H and O–H groups in total. The summed E-state index contributed by atoms with van der Waals surface area (Å²) < 4.78 is 2.07. The van der Waals surface area contributed by atoms with Crippen molar-refractivity contribution in [1.82, 2.24) is 9.55 Å². The van der Waals surface area contributed by atoms with Crippen LogP contribution in [-0.2, 0) is 0 Å². The van der Waals surface area contributed by atoms with E-state index in [2.05, 4.69) is 28.6 Å². The Morgan fingerprint density at radius 1 is 1.19 bits per heavy atom. The highest BCUT2D eigenvalue weighted by atomic mass is 35.5. The lowest BCUT2D eigenvalue weighted by molar-refractivity contribution is 0.881. The Balaban J connectivity index is 2.33. The van der Waals surface area contributed by atoms with Gasteiger partial charge in [0.2, 0.25) is 0 Å². The number of imidazole rings is 1. The van der Waals surface area contributed by atoms with E-state index in [9.17, 15) is 0 Å². The summed E-state index contributed by atoms with van der Waals surface area (Å²) >= 11 is 6.30. The Hall–Kier alpha value is -2.31. The van der Waals surface area contributed by atoms with E-state index >= 15 is 0 Å². The van der Waals surface area contributed by atoms with Crippen LogP contribution in [0.4, 0.5) is 0 Å². The van der Waals surface area contributed by atoms with Crippen molar-refractivity contribution in [1.29, 1.82) is 5.26 Å². The molecule has 0 bridgehead atoms. The lowest BCUT2D eigenvalue weighted by Gasteiger charge is -2.11. The van der Waals surface area contributed by atoms with Gasteiger partial charge < -0.3 is 0 Å². The molecule has 3 rings (SSSR count). The molecule has 0 spiro atoms. The molecule has 0 aliphatic carbocycles. The Kier molecular flexibility index (Phi) is 3.40. The minimum atomic E-state index is -0.201. The summed E-state index contributed by atoms with van der Waals surface area (Å²) in [5.41, 5.74) is 4.74. The van der Waals surface area contributed by atoms with Crippen molar-refractivity contribution in [3.63, 3.8) is 0 Å². The standard InChI is InChI=1S/C17H14ClN3/c1-11-4-3-5-15-16(11)21(17(20-15)12(2)18)14-8-6-13(10-19)7-9-14/h3-9,12H,1-2H3. The van der Waals surface area contributed by atoms with Gasteiger partial charge in [0.1, 0.15) is 5.82 Å². The molecule has 0 saturated heterocycles. The smallest absolute Gasteiger partial charge is 0.132 e. The first-order chi connectivity index (χ1) is 10.1. The molecule has 104 valence electrons. The van der Waals surface area contributed by atoms with Gasteiger partial charge in [0.25, 0.3) is 0 Å². The van der Waals surface area contributed by atoms with E-state index < -0.39 is 0 Å². The number of nitriles is 1. The van der Waals surface area contributed by atoms with Crippen LogP contribution in [-0.4, -0.2) is 9.55 Å². The predicted molar refractivity (Wildman–Crippen MR) is 84.8 cm³/mol. The number of para-hydroxylation sites is 1. The van der Waals surface area contributed by atoms with E-state index in [1.165, 1.54) is 0 Å². The van der Waals surface area contributed by atoms with E-state index in [1.807, 2.05) is 43.3 Å². The second kappa shape index (κ2) is 5.23. The first-order valence-corrected chi connectivity index (χ1v) is 7.18. The molecule has 0 radical (unpaired) electrons. The van der Waals surface area contributed by atoms with E-state index in [4.69, 9.17) is 16.9 Å². The summed E-state index contributed by atoms with van der Waals surface area (Å²) in [7, 11) is 0. The number of nitrogens with zero attached hydrogens (tertiary/aromatic N) is 3. The summed E-state index contributed by atoms with van der Waals surface area (Å²) in [5, 5.41) is 8.73. The third-order valence-electron chi connectivity index (χ3n) is 3.51. The van der Waals surface area contributed by atoms with Crippen molar-refractivity contribution < 1.29 is 0 Å². The Morgan fingerprint density at radius 3 is 2.52 bits per heavy atom. The molecule has 1 atom stereocenters. The second-order valence-corrected chi connectivity index (χ2v) is 5.68. The van der Waals surface area contributed by atoms with Crippen molar-refractivity contribution in [2.45, 2.75) is 19.2 Å². The molecular formula is C17H14ClN3. The molecule has 3 aromatic rings. The highest BCUT2D eigenvalue weighted by molar-refractivity contribution is 6.20. The number of fused-ring (bicyclic) bond motifs is 1. The molecule has 1 unspecified atom stereocenters. The topological polar surface area (TPSA) is 41.6 Å². The fourth-order valence-corrected chi connectivity index (χ4v) is 2.67. The highest BCUT2D eigenvalue weighted by Gasteiger charge is 2.17. The van der Waals surface area contributed by atoms with Crippen LogP contribution in [0.25, 0.3) is 16.7 Å². The van der Waals surface area contributed by atoms with Crippen LogP contribution in [0.15, 0.2) is 42.5 Å². The van der Waals surface area contributed by atoms with Crippen molar-refractivity contribution >= 4 is 22.6 Å². The van der Waals surface area contributed by atoms with Crippen molar-refractivity contribution in [3.8, 4) is 11.8 Å². The van der Waals surface area contributed by atoms with Gasteiger partial charge in [-0.3, -0.25) is 4.57 Å². The molecule has 21 heavy (non-hydrogen) atoms. The van der Waals surface area contributed by atoms with E-state index in [-0.39, 0.29) is 5.38 Å². The third kappa shape index (κ3) is 2.28. The molecule has 0 amide bonds. The lowest BCUT2D eigenvalue weighted by atomic mass is 10.2. The zero-order valence-corrected chi connectivity index (χ0v) is 12.6. The fraction of sp³-hybridized carbons (Fsp3) is 0.176. The summed E-state index contributed by atoms with van der Waals surface area (Å²) in [5.74, 6) is 0.811. The SMILES string of the molecule is Cc1cccc2nc(C(C)Cl)n(-c3ccc(C#N)cc3)c12. The maximum Gasteiger partial charge on any atom is 0.132 e. The molecule has 3 nitrogen and oxygen atoms in total. The first-order valence-electron chi connectivity index (χ1n) is 6.74. The molecule has 0 aliphatic heterocycles. The zero-order valence-electron chi connectivity index (χ0n) is 11.8. The molecule has 1 aromatic heterocycles. The van der Waals surface area contributed by atoms with Gasteiger partial charge in [-0.05, 0) is 49.7 Å². The maximum absolute atomic E-state index is 8.93. The van der Waals surface area contributed by atoms with E-state index in [1.54, 1.807) is 0 Å². The average Bonchev–Trinajstić information content (AvgIpc) is 2.88. The minimum absolute atomic E-state index is 0.201. The molecular weight excluding hydrogens is 282 g/mol. The van der Waals surface area contributed by atoms with E-state index in [0.29, 0.717) is 5.56 Å². The predicted octanol–water partition coefficient (Wildman–Crippen LogP) is 4.51. The quantitative estimate of drug-likeness (QED) is 0.653.